The predicted molar refractivity (Wildman–Crippen MR) is 122 cm³/mol. The van der Waals surface area contributed by atoms with Crippen molar-refractivity contribution in [3.8, 4) is 33.5 Å². The number of nitrogens with two attached hydrogens (primary N) is 2. The van der Waals surface area contributed by atoms with Crippen molar-refractivity contribution in [1.82, 2.24) is 19.7 Å². The number of pyridine rings is 2. The van der Waals surface area contributed by atoms with Crippen LogP contribution < -0.4 is 11.5 Å². The quantitative estimate of drug-likeness (QED) is 0.427. The van der Waals surface area contributed by atoms with Crippen molar-refractivity contribution in [2.45, 2.75) is 19.9 Å². The minimum Gasteiger partial charge on any atom is -0.383 e. The summed E-state index contributed by atoms with van der Waals surface area (Å²) in [5, 5.41) is 4.63. The summed E-state index contributed by atoms with van der Waals surface area (Å²) in [5.74, 6) is -0.454. The Morgan fingerprint density at radius 2 is 1.81 bits per heavy atom. The first kappa shape index (κ1) is 21.5. The molecule has 4 rings (SSSR count). The monoisotopic (exact) mass is 450 g/mol. The molecule has 1 amide bonds. The summed E-state index contributed by atoms with van der Waals surface area (Å²) in [6.45, 7) is 2.21. The number of benzene rings is 1. The van der Waals surface area contributed by atoms with Gasteiger partial charge in [0.25, 0.3) is 0 Å². The van der Waals surface area contributed by atoms with Gasteiger partial charge in [-0.2, -0.15) is 5.10 Å². The Morgan fingerprint density at radius 3 is 2.50 bits per heavy atom. The van der Waals surface area contributed by atoms with Crippen LogP contribution in [0.1, 0.15) is 12.1 Å². The van der Waals surface area contributed by atoms with Gasteiger partial charge in [0, 0.05) is 47.1 Å². The molecule has 9 heteroatoms. The van der Waals surface area contributed by atoms with Gasteiger partial charge in [-0.25, -0.2) is 14.4 Å². The van der Waals surface area contributed by atoms with Gasteiger partial charge in [-0.1, -0.05) is 11.6 Å². The standard InChI is InChI=1S/C23H20ClFN6O/c1-13-8-15(9-20(24)29-13)18-10-19(16-11-28-31(12-16)7-6-21(26)32)23(27)30-22(18)14-2-4-17(25)5-3-14/h2-5,8-12H,6-7H2,1H3,(H2,26,32)(H2,27,30). The number of halogens is 2. The van der Waals surface area contributed by atoms with Crippen molar-refractivity contribution in [1.29, 1.82) is 0 Å². The number of rotatable bonds is 6. The molecule has 3 aromatic heterocycles. The summed E-state index contributed by atoms with van der Waals surface area (Å²) in [7, 11) is 0. The molecule has 4 aromatic rings. The average Bonchev–Trinajstić information content (AvgIpc) is 3.20. The van der Waals surface area contributed by atoms with Gasteiger partial charge in [-0.3, -0.25) is 9.48 Å². The van der Waals surface area contributed by atoms with Crippen LogP contribution in [0.4, 0.5) is 10.2 Å². The fourth-order valence-corrected chi connectivity index (χ4v) is 3.69. The number of aryl methyl sites for hydroxylation is 2. The summed E-state index contributed by atoms with van der Waals surface area (Å²) in [6.07, 6.45) is 3.61. The normalized spacial score (nSPS) is 11.0. The summed E-state index contributed by atoms with van der Waals surface area (Å²) in [6, 6.07) is 11.6. The molecule has 3 heterocycles. The lowest BCUT2D eigenvalue weighted by molar-refractivity contribution is -0.118. The second kappa shape index (κ2) is 8.76. The highest BCUT2D eigenvalue weighted by Crippen LogP contribution is 2.37. The number of amides is 1. The van der Waals surface area contributed by atoms with Crippen LogP contribution in [0.25, 0.3) is 33.5 Å². The van der Waals surface area contributed by atoms with E-state index in [2.05, 4.69) is 15.1 Å². The van der Waals surface area contributed by atoms with E-state index in [0.717, 1.165) is 22.4 Å². The fraction of sp³-hybridized carbons (Fsp3) is 0.130. The highest BCUT2D eigenvalue weighted by molar-refractivity contribution is 6.29. The first-order valence-corrected chi connectivity index (χ1v) is 10.2. The Hall–Kier alpha value is -3.78. The summed E-state index contributed by atoms with van der Waals surface area (Å²) >= 11 is 6.21. The van der Waals surface area contributed by atoms with Gasteiger partial charge >= 0.3 is 0 Å². The number of nitrogen functional groups attached to an aromatic ring is 1. The molecule has 0 radical (unpaired) electrons. The lowest BCUT2D eigenvalue weighted by Crippen LogP contribution is -2.14. The number of primary amides is 1. The second-order valence-electron chi connectivity index (χ2n) is 7.35. The molecular weight excluding hydrogens is 431 g/mol. The van der Waals surface area contributed by atoms with Gasteiger partial charge in [0.1, 0.15) is 16.8 Å². The predicted octanol–water partition coefficient (Wildman–Crippen LogP) is 4.23. The van der Waals surface area contributed by atoms with Gasteiger partial charge < -0.3 is 11.5 Å². The lowest BCUT2D eigenvalue weighted by Gasteiger charge is -2.14. The van der Waals surface area contributed by atoms with Crippen molar-refractivity contribution in [3.05, 3.63) is 71.5 Å². The maximum atomic E-state index is 13.5. The molecule has 0 aliphatic heterocycles. The molecule has 0 aliphatic carbocycles. The topological polar surface area (TPSA) is 113 Å². The molecule has 1 aromatic carbocycles. The van der Waals surface area contributed by atoms with E-state index in [-0.39, 0.29) is 12.2 Å². The molecule has 0 atom stereocenters. The van der Waals surface area contributed by atoms with E-state index >= 15 is 0 Å². The number of nitrogens with zero attached hydrogens (tertiary/aromatic N) is 4. The van der Waals surface area contributed by atoms with E-state index in [1.807, 2.05) is 19.1 Å². The molecule has 0 fully saturated rings. The van der Waals surface area contributed by atoms with Gasteiger partial charge in [0.2, 0.25) is 5.91 Å². The second-order valence-corrected chi connectivity index (χ2v) is 7.74. The lowest BCUT2D eigenvalue weighted by atomic mass is 9.96. The maximum absolute atomic E-state index is 13.5. The number of carbonyl (C=O) groups is 1. The van der Waals surface area contributed by atoms with E-state index < -0.39 is 5.91 Å². The smallest absolute Gasteiger partial charge is 0.219 e. The Labute approximate surface area is 188 Å². The van der Waals surface area contributed by atoms with E-state index in [1.165, 1.54) is 12.1 Å². The van der Waals surface area contributed by atoms with Crippen molar-refractivity contribution < 1.29 is 9.18 Å². The van der Waals surface area contributed by atoms with Crippen molar-refractivity contribution in [3.63, 3.8) is 0 Å². The zero-order valence-electron chi connectivity index (χ0n) is 17.2. The molecule has 0 aliphatic rings. The van der Waals surface area contributed by atoms with E-state index in [9.17, 15) is 9.18 Å². The van der Waals surface area contributed by atoms with Crippen molar-refractivity contribution >= 4 is 23.3 Å². The number of hydrogen-bond donors (Lipinski definition) is 2. The van der Waals surface area contributed by atoms with Gasteiger partial charge in [-0.05, 0) is 55.0 Å². The molecule has 0 unspecified atom stereocenters. The SMILES string of the molecule is Cc1cc(-c2cc(-c3cnn(CCC(N)=O)c3)c(N)nc2-c2ccc(F)cc2)cc(Cl)n1. The van der Waals surface area contributed by atoms with Crippen LogP contribution in [-0.4, -0.2) is 25.7 Å². The molecular formula is C23H20ClFN6O. The van der Waals surface area contributed by atoms with Crippen molar-refractivity contribution in [2.75, 3.05) is 5.73 Å². The van der Waals surface area contributed by atoms with Crippen LogP contribution in [-0.2, 0) is 11.3 Å². The zero-order valence-corrected chi connectivity index (χ0v) is 18.0. The summed E-state index contributed by atoms with van der Waals surface area (Å²) in [4.78, 5) is 19.9. The molecule has 0 saturated carbocycles. The van der Waals surface area contributed by atoms with Gasteiger partial charge in [0.05, 0.1) is 11.9 Å². The highest BCUT2D eigenvalue weighted by atomic mass is 35.5. The number of anilines is 1. The third kappa shape index (κ3) is 4.60. The first-order valence-electron chi connectivity index (χ1n) is 9.82. The Bertz CT molecular complexity index is 1280. The molecule has 162 valence electrons. The molecule has 0 bridgehead atoms. The minimum atomic E-state index is -0.404. The number of hydrogen-bond acceptors (Lipinski definition) is 5. The maximum Gasteiger partial charge on any atom is 0.219 e. The third-order valence-electron chi connectivity index (χ3n) is 4.93. The van der Waals surface area contributed by atoms with Crippen LogP contribution in [0, 0.1) is 12.7 Å². The zero-order chi connectivity index (χ0) is 22.8. The van der Waals surface area contributed by atoms with Crippen LogP contribution in [0.15, 0.2) is 54.9 Å². The van der Waals surface area contributed by atoms with E-state index in [0.29, 0.717) is 34.3 Å². The molecule has 0 spiro atoms. The average molecular weight is 451 g/mol. The highest BCUT2D eigenvalue weighted by Gasteiger charge is 2.17. The third-order valence-corrected chi connectivity index (χ3v) is 5.13. The molecule has 7 nitrogen and oxygen atoms in total. The Kier molecular flexibility index (Phi) is 5.87. The minimum absolute atomic E-state index is 0.179. The Balaban J connectivity index is 1.87. The van der Waals surface area contributed by atoms with E-state index in [1.54, 1.807) is 35.3 Å². The molecule has 32 heavy (non-hydrogen) atoms. The van der Waals surface area contributed by atoms with Crippen LogP contribution in [0.3, 0.4) is 0 Å². The van der Waals surface area contributed by atoms with Gasteiger partial charge in [0.15, 0.2) is 0 Å². The Morgan fingerprint density at radius 1 is 1.06 bits per heavy atom. The fourth-order valence-electron chi connectivity index (χ4n) is 3.44. The largest absolute Gasteiger partial charge is 0.383 e. The molecule has 4 N–H and O–H groups in total. The van der Waals surface area contributed by atoms with E-state index in [4.69, 9.17) is 23.1 Å². The van der Waals surface area contributed by atoms with Gasteiger partial charge in [-0.15, -0.1) is 0 Å². The van der Waals surface area contributed by atoms with Crippen LogP contribution in [0.5, 0.6) is 0 Å². The summed E-state index contributed by atoms with van der Waals surface area (Å²) in [5.41, 5.74) is 16.6. The summed E-state index contributed by atoms with van der Waals surface area (Å²) < 4.78 is 15.1. The number of carbonyl (C=O) groups excluding carboxylic acids is 1. The van der Waals surface area contributed by atoms with Crippen LogP contribution in [0.2, 0.25) is 5.15 Å². The van der Waals surface area contributed by atoms with Crippen molar-refractivity contribution in [2.24, 2.45) is 5.73 Å². The molecule has 0 saturated heterocycles. The number of aromatic nitrogens is 4. The van der Waals surface area contributed by atoms with Crippen LogP contribution >= 0.6 is 11.6 Å². The first-order chi connectivity index (χ1) is 15.3.